The number of methoxy groups -OCH3 is 1. The van der Waals surface area contributed by atoms with Crippen molar-refractivity contribution in [3.63, 3.8) is 0 Å². The molecular weight excluding hydrogens is 268 g/mol. The van der Waals surface area contributed by atoms with Gasteiger partial charge in [0.1, 0.15) is 17.4 Å². The monoisotopic (exact) mass is 288 g/mol. The molecule has 1 aliphatic heterocycles. The van der Waals surface area contributed by atoms with Crippen LogP contribution >= 0.6 is 0 Å². The topological polar surface area (TPSA) is 62.6 Å². The summed E-state index contributed by atoms with van der Waals surface area (Å²) in [5, 5.41) is 9.15. The van der Waals surface area contributed by atoms with E-state index < -0.39 is 5.92 Å². The maximum atomic E-state index is 12.1. The molecule has 2 rings (SSSR count). The summed E-state index contributed by atoms with van der Waals surface area (Å²) in [6.07, 6.45) is 2.48. The van der Waals surface area contributed by atoms with Gasteiger partial charge in [-0.2, -0.15) is 5.26 Å². The molecule has 0 spiro atoms. The fourth-order valence-corrected chi connectivity index (χ4v) is 2.37. The van der Waals surface area contributed by atoms with Crippen LogP contribution in [0.5, 0.6) is 11.5 Å². The molecule has 0 bridgehead atoms. The van der Waals surface area contributed by atoms with Gasteiger partial charge in [-0.05, 0) is 37.1 Å². The molecule has 5 heteroatoms. The summed E-state index contributed by atoms with van der Waals surface area (Å²) in [6.45, 7) is 1.90. The summed E-state index contributed by atoms with van der Waals surface area (Å²) in [5.74, 6) is 0.803. The van der Waals surface area contributed by atoms with Crippen LogP contribution in [0.3, 0.4) is 0 Å². The minimum absolute atomic E-state index is 0.0617. The lowest BCUT2D eigenvalue weighted by Gasteiger charge is -2.18. The molecule has 1 aromatic rings. The third-order valence-corrected chi connectivity index (χ3v) is 3.61. The van der Waals surface area contributed by atoms with Gasteiger partial charge < -0.3 is 14.4 Å². The Morgan fingerprint density at radius 1 is 1.29 bits per heavy atom. The number of carbonyl (C=O) groups is 1. The van der Waals surface area contributed by atoms with Crippen molar-refractivity contribution in [1.82, 2.24) is 4.90 Å². The summed E-state index contributed by atoms with van der Waals surface area (Å²) in [7, 11) is 1.61. The molecule has 112 valence electrons. The van der Waals surface area contributed by atoms with Crippen LogP contribution in [0.1, 0.15) is 19.3 Å². The molecule has 0 aliphatic carbocycles. The number of rotatable bonds is 6. The van der Waals surface area contributed by atoms with Crippen LogP contribution in [-0.4, -0.2) is 37.6 Å². The first-order chi connectivity index (χ1) is 10.2. The lowest BCUT2D eigenvalue weighted by Crippen LogP contribution is -2.33. The van der Waals surface area contributed by atoms with E-state index in [0.717, 1.165) is 31.7 Å². The molecule has 5 nitrogen and oxygen atoms in total. The minimum Gasteiger partial charge on any atom is -0.497 e. The van der Waals surface area contributed by atoms with E-state index in [1.54, 1.807) is 12.0 Å². The third-order valence-electron chi connectivity index (χ3n) is 3.61. The van der Waals surface area contributed by atoms with E-state index in [9.17, 15) is 4.79 Å². The Balaban J connectivity index is 1.80. The first kappa shape index (κ1) is 15.2. The zero-order valence-electron chi connectivity index (χ0n) is 12.2. The predicted octanol–water partition coefficient (Wildman–Crippen LogP) is 2.23. The van der Waals surface area contributed by atoms with E-state index in [0.29, 0.717) is 18.8 Å². The van der Waals surface area contributed by atoms with Gasteiger partial charge in [0, 0.05) is 19.5 Å². The summed E-state index contributed by atoms with van der Waals surface area (Å²) in [6, 6.07) is 9.33. The van der Waals surface area contributed by atoms with Crippen LogP contribution in [-0.2, 0) is 4.79 Å². The molecule has 1 aliphatic rings. The largest absolute Gasteiger partial charge is 0.497 e. The molecule has 0 radical (unpaired) electrons. The van der Waals surface area contributed by atoms with E-state index >= 15 is 0 Å². The van der Waals surface area contributed by atoms with Gasteiger partial charge in [0.25, 0.3) is 0 Å². The number of hydrogen-bond acceptors (Lipinski definition) is 4. The zero-order chi connectivity index (χ0) is 15.1. The summed E-state index contributed by atoms with van der Waals surface area (Å²) < 4.78 is 10.6. The van der Waals surface area contributed by atoms with Crippen LogP contribution < -0.4 is 9.47 Å². The maximum Gasteiger partial charge on any atom is 0.240 e. The van der Waals surface area contributed by atoms with Gasteiger partial charge in [0.2, 0.25) is 5.91 Å². The number of likely N-dealkylation sites (tertiary alicyclic amines) is 1. The highest BCUT2D eigenvalue weighted by atomic mass is 16.5. The number of carbonyl (C=O) groups excluding carboxylic acids is 1. The van der Waals surface area contributed by atoms with E-state index in [-0.39, 0.29) is 5.91 Å². The summed E-state index contributed by atoms with van der Waals surface area (Å²) in [5.41, 5.74) is 0. The molecule has 1 atom stereocenters. The number of nitrogens with zero attached hydrogens (tertiary/aromatic N) is 2. The van der Waals surface area contributed by atoms with E-state index in [4.69, 9.17) is 14.7 Å². The Hall–Kier alpha value is -2.22. The van der Waals surface area contributed by atoms with Crippen molar-refractivity contribution in [3.05, 3.63) is 24.3 Å². The Bertz CT molecular complexity index is 501. The smallest absolute Gasteiger partial charge is 0.240 e. The highest BCUT2D eigenvalue weighted by Crippen LogP contribution is 2.18. The lowest BCUT2D eigenvalue weighted by molar-refractivity contribution is -0.133. The van der Waals surface area contributed by atoms with Gasteiger partial charge >= 0.3 is 0 Å². The summed E-state index contributed by atoms with van der Waals surface area (Å²) in [4.78, 5) is 13.9. The van der Waals surface area contributed by atoms with Crippen molar-refractivity contribution in [2.45, 2.75) is 19.3 Å². The molecule has 1 unspecified atom stereocenters. The predicted molar refractivity (Wildman–Crippen MR) is 78.0 cm³/mol. The molecular formula is C16H20N2O3. The Labute approximate surface area is 125 Å². The second-order valence-electron chi connectivity index (χ2n) is 5.03. The fourth-order valence-electron chi connectivity index (χ4n) is 2.37. The second-order valence-corrected chi connectivity index (χ2v) is 5.03. The number of ether oxygens (including phenoxy) is 2. The van der Waals surface area contributed by atoms with E-state index in [2.05, 4.69) is 6.07 Å². The average molecular weight is 288 g/mol. The molecule has 0 saturated carbocycles. The Kier molecular flexibility index (Phi) is 5.44. The quantitative estimate of drug-likeness (QED) is 0.805. The average Bonchev–Trinajstić information content (AvgIpc) is 3.06. The Morgan fingerprint density at radius 2 is 1.90 bits per heavy atom. The molecule has 0 N–H and O–H groups in total. The molecule has 1 amide bonds. The van der Waals surface area contributed by atoms with Crippen molar-refractivity contribution in [2.75, 3.05) is 26.8 Å². The van der Waals surface area contributed by atoms with Gasteiger partial charge in [-0.3, -0.25) is 4.79 Å². The molecule has 1 fully saturated rings. The molecule has 1 aromatic carbocycles. The van der Waals surface area contributed by atoms with Crippen LogP contribution in [0.4, 0.5) is 0 Å². The van der Waals surface area contributed by atoms with Crippen LogP contribution in [0.15, 0.2) is 24.3 Å². The fraction of sp³-hybridized carbons (Fsp3) is 0.500. The standard InChI is InChI=1S/C16H20N2O3/c1-20-14-4-6-15(7-5-14)21-11-8-13(12-17)16(19)18-9-2-3-10-18/h4-7,13H,2-3,8-11H2,1H3. The van der Waals surface area contributed by atoms with Crippen molar-refractivity contribution >= 4 is 5.91 Å². The molecule has 21 heavy (non-hydrogen) atoms. The van der Waals surface area contributed by atoms with Gasteiger partial charge in [0.05, 0.1) is 19.8 Å². The van der Waals surface area contributed by atoms with Gasteiger partial charge in [0.15, 0.2) is 0 Å². The van der Waals surface area contributed by atoms with Crippen LogP contribution in [0.25, 0.3) is 0 Å². The van der Waals surface area contributed by atoms with Gasteiger partial charge in [-0.15, -0.1) is 0 Å². The SMILES string of the molecule is COc1ccc(OCCC(C#N)C(=O)N2CCCC2)cc1. The van der Waals surface area contributed by atoms with Gasteiger partial charge in [-0.25, -0.2) is 0 Å². The maximum absolute atomic E-state index is 12.1. The number of benzene rings is 1. The number of amides is 1. The minimum atomic E-state index is -0.610. The Morgan fingerprint density at radius 3 is 2.48 bits per heavy atom. The second kappa shape index (κ2) is 7.53. The van der Waals surface area contributed by atoms with Gasteiger partial charge in [-0.1, -0.05) is 0 Å². The number of hydrogen-bond donors (Lipinski definition) is 0. The molecule has 1 saturated heterocycles. The summed E-state index contributed by atoms with van der Waals surface area (Å²) >= 11 is 0. The molecule has 0 aromatic heterocycles. The third kappa shape index (κ3) is 4.12. The normalized spacial score (nSPS) is 15.3. The highest BCUT2D eigenvalue weighted by Gasteiger charge is 2.26. The van der Waals surface area contributed by atoms with Crippen LogP contribution in [0.2, 0.25) is 0 Å². The van der Waals surface area contributed by atoms with Crippen molar-refractivity contribution in [1.29, 1.82) is 5.26 Å². The highest BCUT2D eigenvalue weighted by molar-refractivity contribution is 5.81. The zero-order valence-corrected chi connectivity index (χ0v) is 12.2. The van der Waals surface area contributed by atoms with Crippen LogP contribution in [0, 0.1) is 17.2 Å². The first-order valence-electron chi connectivity index (χ1n) is 7.20. The van der Waals surface area contributed by atoms with Crippen molar-refractivity contribution in [2.24, 2.45) is 5.92 Å². The van der Waals surface area contributed by atoms with E-state index in [1.165, 1.54) is 0 Å². The lowest BCUT2D eigenvalue weighted by atomic mass is 10.1. The van der Waals surface area contributed by atoms with E-state index in [1.807, 2.05) is 24.3 Å². The van der Waals surface area contributed by atoms with Crippen molar-refractivity contribution < 1.29 is 14.3 Å². The molecule has 1 heterocycles. The number of nitriles is 1. The first-order valence-corrected chi connectivity index (χ1v) is 7.20. The van der Waals surface area contributed by atoms with Crippen molar-refractivity contribution in [3.8, 4) is 17.6 Å².